The molecule has 2 aromatic carbocycles. The number of morpholine rings is 1. The Balaban J connectivity index is 1.23. The summed E-state index contributed by atoms with van der Waals surface area (Å²) in [6, 6.07) is 14.7. The number of amides is 1. The van der Waals surface area contributed by atoms with E-state index < -0.39 is 10.0 Å². The van der Waals surface area contributed by atoms with E-state index in [1.807, 2.05) is 18.2 Å². The van der Waals surface area contributed by atoms with Crippen LogP contribution >= 0.6 is 11.3 Å². The summed E-state index contributed by atoms with van der Waals surface area (Å²) < 4.78 is 33.1. The molecule has 1 N–H and O–H groups in total. The number of benzene rings is 2. The first-order valence-electron chi connectivity index (χ1n) is 10.3. The Labute approximate surface area is 186 Å². The smallest absolute Gasteiger partial charge is 0.243 e. The first-order valence-corrected chi connectivity index (χ1v) is 12.6. The number of carbonyl (C=O) groups excluding carboxylic acids is 1. The van der Waals surface area contributed by atoms with E-state index in [9.17, 15) is 13.2 Å². The third kappa shape index (κ3) is 5.48. The zero-order chi connectivity index (χ0) is 21.7. The minimum absolute atomic E-state index is 0.0221. The fourth-order valence-corrected chi connectivity index (χ4v) is 5.85. The SMILES string of the molecule is O=C(CCCc1nc2ccccc2s1)NCc1ccc(S(=O)(=O)N2CCOCC2)cc1. The number of ether oxygens (including phenoxy) is 1. The molecule has 1 saturated heterocycles. The predicted octanol–water partition coefficient (Wildman–Crippen LogP) is 2.96. The first kappa shape index (κ1) is 21.9. The van der Waals surface area contributed by atoms with Crippen LogP contribution in [-0.4, -0.2) is 49.9 Å². The number of carbonyl (C=O) groups is 1. The zero-order valence-electron chi connectivity index (χ0n) is 17.1. The molecular formula is C22H25N3O4S2. The van der Waals surface area contributed by atoms with E-state index in [1.54, 1.807) is 35.6 Å². The van der Waals surface area contributed by atoms with E-state index >= 15 is 0 Å². The van der Waals surface area contributed by atoms with Crippen molar-refractivity contribution in [3.63, 3.8) is 0 Å². The molecular weight excluding hydrogens is 434 g/mol. The maximum atomic E-state index is 12.7. The molecule has 164 valence electrons. The van der Waals surface area contributed by atoms with Gasteiger partial charge < -0.3 is 10.1 Å². The van der Waals surface area contributed by atoms with Crippen molar-refractivity contribution in [2.45, 2.75) is 30.7 Å². The average molecular weight is 460 g/mol. The number of hydrogen-bond donors (Lipinski definition) is 1. The van der Waals surface area contributed by atoms with Gasteiger partial charge >= 0.3 is 0 Å². The number of thiazole rings is 1. The van der Waals surface area contributed by atoms with Gasteiger partial charge in [-0.05, 0) is 42.7 Å². The lowest BCUT2D eigenvalue weighted by atomic mass is 10.2. The van der Waals surface area contributed by atoms with Gasteiger partial charge in [0.05, 0.1) is 33.3 Å². The minimum Gasteiger partial charge on any atom is -0.379 e. The lowest BCUT2D eigenvalue weighted by molar-refractivity contribution is -0.121. The highest BCUT2D eigenvalue weighted by Gasteiger charge is 2.26. The summed E-state index contributed by atoms with van der Waals surface area (Å²) in [5, 5.41) is 3.95. The normalized spacial score (nSPS) is 15.2. The van der Waals surface area contributed by atoms with E-state index in [-0.39, 0.29) is 10.8 Å². The Hall–Kier alpha value is -2.33. The lowest BCUT2D eigenvalue weighted by Gasteiger charge is -2.26. The lowest BCUT2D eigenvalue weighted by Crippen LogP contribution is -2.40. The van der Waals surface area contributed by atoms with Crippen LogP contribution in [0.5, 0.6) is 0 Å². The second-order valence-electron chi connectivity index (χ2n) is 7.37. The van der Waals surface area contributed by atoms with E-state index in [2.05, 4.69) is 16.4 Å². The van der Waals surface area contributed by atoms with Crippen molar-refractivity contribution in [2.24, 2.45) is 0 Å². The van der Waals surface area contributed by atoms with Gasteiger partial charge in [-0.3, -0.25) is 4.79 Å². The number of aromatic nitrogens is 1. The van der Waals surface area contributed by atoms with Crippen LogP contribution in [0.3, 0.4) is 0 Å². The van der Waals surface area contributed by atoms with Gasteiger partial charge in [-0.25, -0.2) is 13.4 Å². The minimum atomic E-state index is -3.50. The molecule has 1 aromatic heterocycles. The van der Waals surface area contributed by atoms with Crippen molar-refractivity contribution in [3.8, 4) is 0 Å². The van der Waals surface area contributed by atoms with Gasteiger partial charge in [0.15, 0.2) is 0 Å². The molecule has 2 heterocycles. The third-order valence-electron chi connectivity index (χ3n) is 5.15. The molecule has 0 unspecified atom stereocenters. The molecule has 0 saturated carbocycles. The van der Waals surface area contributed by atoms with Gasteiger partial charge in [-0.1, -0.05) is 24.3 Å². The van der Waals surface area contributed by atoms with Crippen LogP contribution in [0, 0.1) is 0 Å². The number of hydrogen-bond acceptors (Lipinski definition) is 6. The number of para-hydroxylation sites is 1. The van der Waals surface area contributed by atoms with Crippen LogP contribution < -0.4 is 5.32 Å². The van der Waals surface area contributed by atoms with Crippen molar-refractivity contribution in [2.75, 3.05) is 26.3 Å². The summed E-state index contributed by atoms with van der Waals surface area (Å²) in [5.74, 6) is -0.0221. The van der Waals surface area contributed by atoms with Gasteiger partial charge in [0.2, 0.25) is 15.9 Å². The topological polar surface area (TPSA) is 88.6 Å². The van der Waals surface area contributed by atoms with Crippen LogP contribution in [0.15, 0.2) is 53.4 Å². The van der Waals surface area contributed by atoms with Crippen LogP contribution in [0.4, 0.5) is 0 Å². The molecule has 9 heteroatoms. The molecule has 0 radical (unpaired) electrons. The number of nitrogens with one attached hydrogen (secondary N) is 1. The fourth-order valence-electron chi connectivity index (χ4n) is 3.43. The van der Waals surface area contributed by atoms with Crippen LogP contribution in [0.25, 0.3) is 10.2 Å². The molecule has 0 spiro atoms. The van der Waals surface area contributed by atoms with Gasteiger partial charge in [0.1, 0.15) is 0 Å². The highest BCUT2D eigenvalue weighted by molar-refractivity contribution is 7.89. The highest BCUT2D eigenvalue weighted by atomic mass is 32.2. The molecule has 1 fully saturated rings. The molecule has 7 nitrogen and oxygen atoms in total. The Morgan fingerprint density at radius 2 is 1.84 bits per heavy atom. The summed E-state index contributed by atoms with van der Waals surface area (Å²) in [6.45, 7) is 1.96. The van der Waals surface area contributed by atoms with Crippen molar-refractivity contribution in [3.05, 3.63) is 59.1 Å². The Morgan fingerprint density at radius 1 is 1.10 bits per heavy atom. The summed E-state index contributed by atoms with van der Waals surface area (Å²) in [5.41, 5.74) is 1.87. The van der Waals surface area contributed by atoms with Crippen molar-refractivity contribution < 1.29 is 17.9 Å². The van der Waals surface area contributed by atoms with E-state index in [0.717, 1.165) is 28.9 Å². The van der Waals surface area contributed by atoms with Crippen molar-refractivity contribution >= 4 is 37.5 Å². The Morgan fingerprint density at radius 3 is 2.58 bits per heavy atom. The monoisotopic (exact) mass is 459 g/mol. The average Bonchev–Trinajstić information content (AvgIpc) is 3.21. The van der Waals surface area contributed by atoms with Crippen LogP contribution in [0.2, 0.25) is 0 Å². The van der Waals surface area contributed by atoms with E-state index in [1.165, 1.54) is 9.01 Å². The van der Waals surface area contributed by atoms with Gasteiger partial charge in [0, 0.05) is 26.1 Å². The zero-order valence-corrected chi connectivity index (χ0v) is 18.8. The molecule has 4 rings (SSSR count). The molecule has 31 heavy (non-hydrogen) atoms. The van der Waals surface area contributed by atoms with Gasteiger partial charge in [-0.2, -0.15) is 4.31 Å². The van der Waals surface area contributed by atoms with Gasteiger partial charge in [-0.15, -0.1) is 11.3 Å². The predicted molar refractivity (Wildman–Crippen MR) is 120 cm³/mol. The maximum absolute atomic E-state index is 12.7. The summed E-state index contributed by atoms with van der Waals surface area (Å²) in [7, 11) is -3.50. The molecule has 1 amide bonds. The second-order valence-corrected chi connectivity index (χ2v) is 10.4. The number of sulfonamides is 1. The molecule has 0 atom stereocenters. The van der Waals surface area contributed by atoms with Crippen molar-refractivity contribution in [1.82, 2.24) is 14.6 Å². The maximum Gasteiger partial charge on any atom is 0.243 e. The molecule has 1 aliphatic heterocycles. The summed E-state index contributed by atoms with van der Waals surface area (Å²) in [4.78, 5) is 17.0. The summed E-state index contributed by atoms with van der Waals surface area (Å²) >= 11 is 1.67. The van der Waals surface area contributed by atoms with E-state index in [0.29, 0.717) is 39.3 Å². The standard InChI is InChI=1S/C22H25N3O4S2/c26-21(6-3-7-22-24-19-4-1-2-5-20(19)30-22)23-16-17-8-10-18(11-9-17)31(27,28)25-12-14-29-15-13-25/h1-2,4-5,8-11H,3,6-7,12-16H2,(H,23,26). The molecule has 1 aliphatic rings. The number of aryl methyl sites for hydroxylation is 1. The van der Waals surface area contributed by atoms with E-state index in [4.69, 9.17) is 4.74 Å². The Bertz CT molecular complexity index is 1100. The van der Waals surface area contributed by atoms with Crippen molar-refractivity contribution in [1.29, 1.82) is 0 Å². The summed E-state index contributed by atoms with van der Waals surface area (Å²) in [6.07, 6.45) is 1.95. The largest absolute Gasteiger partial charge is 0.379 e. The molecule has 3 aromatic rings. The molecule has 0 bridgehead atoms. The number of fused-ring (bicyclic) bond motifs is 1. The second kappa shape index (κ2) is 9.86. The van der Waals surface area contributed by atoms with Crippen LogP contribution in [-0.2, 0) is 32.5 Å². The first-order chi connectivity index (χ1) is 15.0. The number of rotatable bonds is 8. The number of nitrogens with zero attached hydrogens (tertiary/aromatic N) is 2. The molecule has 0 aliphatic carbocycles. The fraction of sp³-hybridized carbons (Fsp3) is 0.364. The van der Waals surface area contributed by atoms with Crippen LogP contribution in [0.1, 0.15) is 23.4 Å². The Kier molecular flexibility index (Phi) is 6.96. The van der Waals surface area contributed by atoms with Gasteiger partial charge in [0.25, 0.3) is 0 Å². The highest BCUT2D eigenvalue weighted by Crippen LogP contribution is 2.22. The quantitative estimate of drug-likeness (QED) is 0.560. The third-order valence-corrected chi connectivity index (χ3v) is 8.16.